The predicted octanol–water partition coefficient (Wildman–Crippen LogP) is -0.293. The molecule has 0 radical (unpaired) electrons. The Hall–Kier alpha value is -0.610. The van der Waals surface area contributed by atoms with Gasteiger partial charge in [-0.3, -0.25) is 4.79 Å². The van der Waals surface area contributed by atoms with Crippen molar-refractivity contribution in [1.29, 1.82) is 0 Å². The number of likely N-dealkylation sites (tertiary alicyclic amines) is 1. The maximum Gasteiger partial charge on any atom is 0.222 e. The first-order valence-corrected chi connectivity index (χ1v) is 4.81. The average molecular weight is 186 g/mol. The van der Waals surface area contributed by atoms with Gasteiger partial charge in [0, 0.05) is 25.6 Å². The van der Waals surface area contributed by atoms with Crippen LogP contribution in [0.15, 0.2) is 0 Å². The Bertz CT molecular complexity index is 182. The molecule has 0 aromatic carbocycles. The first kappa shape index (κ1) is 10.5. The van der Waals surface area contributed by atoms with Crippen LogP contribution in [0.5, 0.6) is 0 Å². The zero-order chi connectivity index (χ0) is 9.84. The molecule has 0 aliphatic carbocycles. The van der Waals surface area contributed by atoms with E-state index in [9.17, 15) is 9.90 Å². The Kier molecular flexibility index (Phi) is 3.69. The third-order valence-corrected chi connectivity index (χ3v) is 2.33. The van der Waals surface area contributed by atoms with Crippen LogP contribution < -0.4 is 5.73 Å². The molecular weight excluding hydrogens is 168 g/mol. The normalized spacial score (nSPS) is 24.8. The molecule has 2 unspecified atom stereocenters. The molecule has 0 aromatic heterocycles. The zero-order valence-electron chi connectivity index (χ0n) is 8.07. The lowest BCUT2D eigenvalue weighted by molar-refractivity contribution is -0.130. The van der Waals surface area contributed by atoms with Crippen molar-refractivity contribution < 1.29 is 9.90 Å². The van der Waals surface area contributed by atoms with E-state index in [2.05, 4.69) is 0 Å². The highest BCUT2D eigenvalue weighted by Crippen LogP contribution is 2.11. The smallest absolute Gasteiger partial charge is 0.222 e. The van der Waals surface area contributed by atoms with Crippen molar-refractivity contribution in [2.75, 3.05) is 13.1 Å². The summed E-state index contributed by atoms with van der Waals surface area (Å²) in [4.78, 5) is 13.2. The summed E-state index contributed by atoms with van der Waals surface area (Å²) in [6, 6.07) is 0.0801. The van der Waals surface area contributed by atoms with Crippen LogP contribution in [0, 0.1) is 0 Å². The summed E-state index contributed by atoms with van der Waals surface area (Å²) in [5.41, 5.74) is 5.55. The molecule has 2 atom stereocenters. The number of β-amino-alcohol motifs (C(OH)–C–C–N with tert-alkyl or cyclic N) is 1. The van der Waals surface area contributed by atoms with Crippen LogP contribution in [-0.2, 0) is 4.79 Å². The first-order chi connectivity index (χ1) is 6.09. The third kappa shape index (κ3) is 3.32. The van der Waals surface area contributed by atoms with E-state index in [1.165, 1.54) is 0 Å². The summed E-state index contributed by atoms with van der Waals surface area (Å²) in [6.45, 7) is 3.09. The van der Waals surface area contributed by atoms with Gasteiger partial charge >= 0.3 is 0 Å². The van der Waals surface area contributed by atoms with E-state index in [1.54, 1.807) is 4.90 Å². The minimum absolute atomic E-state index is 0.0801. The average Bonchev–Trinajstić information content (AvgIpc) is 2.47. The highest BCUT2D eigenvalue weighted by molar-refractivity contribution is 5.76. The van der Waals surface area contributed by atoms with Gasteiger partial charge in [-0.1, -0.05) is 0 Å². The number of nitrogens with zero attached hydrogens (tertiary/aromatic N) is 1. The highest BCUT2D eigenvalue weighted by atomic mass is 16.3. The van der Waals surface area contributed by atoms with E-state index in [1.807, 2.05) is 6.92 Å². The Balaban J connectivity index is 2.24. The summed E-state index contributed by atoms with van der Waals surface area (Å²) < 4.78 is 0. The fourth-order valence-corrected chi connectivity index (χ4v) is 1.48. The molecular formula is C9H18N2O2. The minimum Gasteiger partial charge on any atom is -0.391 e. The van der Waals surface area contributed by atoms with Crippen LogP contribution in [0.4, 0.5) is 0 Å². The van der Waals surface area contributed by atoms with Gasteiger partial charge in [-0.25, -0.2) is 0 Å². The molecule has 13 heavy (non-hydrogen) atoms. The minimum atomic E-state index is -0.320. The van der Waals surface area contributed by atoms with E-state index in [0.29, 0.717) is 25.9 Å². The van der Waals surface area contributed by atoms with Crippen molar-refractivity contribution >= 4 is 5.91 Å². The second-order valence-corrected chi connectivity index (χ2v) is 3.80. The van der Waals surface area contributed by atoms with Crippen LogP contribution in [0.2, 0.25) is 0 Å². The van der Waals surface area contributed by atoms with Crippen molar-refractivity contribution in [3.8, 4) is 0 Å². The number of carbonyl (C=O) groups is 1. The van der Waals surface area contributed by atoms with Gasteiger partial charge in [0.25, 0.3) is 0 Å². The largest absolute Gasteiger partial charge is 0.391 e. The third-order valence-electron chi connectivity index (χ3n) is 2.33. The van der Waals surface area contributed by atoms with Crippen LogP contribution in [0.3, 0.4) is 0 Å². The van der Waals surface area contributed by atoms with Gasteiger partial charge in [-0.05, 0) is 19.8 Å². The van der Waals surface area contributed by atoms with Crippen LogP contribution in [0.25, 0.3) is 0 Å². The van der Waals surface area contributed by atoms with Crippen molar-refractivity contribution in [2.24, 2.45) is 5.73 Å². The van der Waals surface area contributed by atoms with E-state index in [0.717, 1.165) is 6.42 Å². The molecule has 1 aliphatic rings. The molecule has 1 fully saturated rings. The topological polar surface area (TPSA) is 66.6 Å². The Labute approximate surface area is 78.7 Å². The molecule has 1 saturated heterocycles. The lowest BCUT2D eigenvalue weighted by Gasteiger charge is -2.15. The van der Waals surface area contributed by atoms with E-state index in [4.69, 9.17) is 5.73 Å². The number of amides is 1. The molecule has 76 valence electrons. The van der Waals surface area contributed by atoms with Crippen molar-refractivity contribution in [3.05, 3.63) is 0 Å². The molecule has 4 nitrogen and oxygen atoms in total. The van der Waals surface area contributed by atoms with Gasteiger partial charge in [-0.2, -0.15) is 0 Å². The van der Waals surface area contributed by atoms with Gasteiger partial charge < -0.3 is 15.7 Å². The molecule has 1 aliphatic heterocycles. The molecule has 3 N–H and O–H groups in total. The quantitative estimate of drug-likeness (QED) is 0.636. The van der Waals surface area contributed by atoms with Crippen LogP contribution in [-0.4, -0.2) is 41.1 Å². The number of hydrogen-bond acceptors (Lipinski definition) is 3. The SMILES string of the molecule is CC(N)CCC(=O)N1CCC(O)C1. The highest BCUT2D eigenvalue weighted by Gasteiger charge is 2.23. The number of hydrogen-bond donors (Lipinski definition) is 2. The Morgan fingerprint density at radius 1 is 1.77 bits per heavy atom. The molecule has 0 spiro atoms. The van der Waals surface area contributed by atoms with Crippen molar-refractivity contribution in [1.82, 2.24) is 4.90 Å². The van der Waals surface area contributed by atoms with Gasteiger partial charge in [0.1, 0.15) is 0 Å². The second kappa shape index (κ2) is 4.58. The fraction of sp³-hybridized carbons (Fsp3) is 0.889. The number of nitrogens with two attached hydrogens (primary N) is 1. The summed E-state index contributed by atoms with van der Waals surface area (Å²) in [6.07, 6.45) is 1.62. The molecule has 0 saturated carbocycles. The summed E-state index contributed by atoms with van der Waals surface area (Å²) in [5, 5.41) is 9.21. The fourth-order valence-electron chi connectivity index (χ4n) is 1.48. The standard InChI is InChI=1S/C9H18N2O2/c1-7(10)2-3-9(13)11-5-4-8(12)6-11/h7-8,12H,2-6,10H2,1H3. The van der Waals surface area contributed by atoms with Crippen LogP contribution in [0.1, 0.15) is 26.2 Å². The number of aliphatic hydroxyl groups excluding tert-OH is 1. The van der Waals surface area contributed by atoms with Crippen molar-refractivity contribution in [2.45, 2.75) is 38.3 Å². The van der Waals surface area contributed by atoms with Gasteiger partial charge in [-0.15, -0.1) is 0 Å². The van der Waals surface area contributed by atoms with Crippen LogP contribution >= 0.6 is 0 Å². The van der Waals surface area contributed by atoms with Crippen molar-refractivity contribution in [3.63, 3.8) is 0 Å². The molecule has 1 rings (SSSR count). The lowest BCUT2D eigenvalue weighted by Crippen LogP contribution is -2.30. The predicted molar refractivity (Wildman–Crippen MR) is 50.1 cm³/mol. The van der Waals surface area contributed by atoms with E-state index in [-0.39, 0.29) is 18.1 Å². The van der Waals surface area contributed by atoms with Gasteiger partial charge in [0.15, 0.2) is 0 Å². The number of rotatable bonds is 3. The maximum absolute atomic E-state index is 11.5. The first-order valence-electron chi connectivity index (χ1n) is 4.81. The Morgan fingerprint density at radius 3 is 2.92 bits per heavy atom. The summed E-state index contributed by atoms with van der Waals surface area (Å²) in [7, 11) is 0. The van der Waals surface area contributed by atoms with E-state index < -0.39 is 0 Å². The number of carbonyl (C=O) groups excluding carboxylic acids is 1. The lowest BCUT2D eigenvalue weighted by atomic mass is 10.2. The van der Waals surface area contributed by atoms with Gasteiger partial charge in [0.2, 0.25) is 5.91 Å². The molecule has 0 bridgehead atoms. The summed E-state index contributed by atoms with van der Waals surface area (Å²) >= 11 is 0. The second-order valence-electron chi connectivity index (χ2n) is 3.80. The maximum atomic E-state index is 11.5. The molecule has 0 aromatic rings. The molecule has 4 heteroatoms. The number of aliphatic hydroxyl groups is 1. The van der Waals surface area contributed by atoms with E-state index >= 15 is 0 Å². The zero-order valence-corrected chi connectivity index (χ0v) is 8.07. The monoisotopic (exact) mass is 186 g/mol. The Morgan fingerprint density at radius 2 is 2.46 bits per heavy atom. The molecule has 1 heterocycles. The van der Waals surface area contributed by atoms with Gasteiger partial charge in [0.05, 0.1) is 6.10 Å². The molecule has 1 amide bonds. The summed E-state index contributed by atoms with van der Waals surface area (Å²) in [5.74, 6) is 0.119.